The zero-order chi connectivity index (χ0) is 28.3. The highest BCUT2D eigenvalue weighted by Gasteiger charge is 2.32. The Labute approximate surface area is 244 Å². The number of benzene rings is 2. The van der Waals surface area contributed by atoms with Crippen molar-refractivity contribution < 1.29 is 9.90 Å². The Morgan fingerprint density at radius 1 is 0.951 bits per heavy atom. The van der Waals surface area contributed by atoms with E-state index in [4.69, 9.17) is 4.98 Å². The number of carbonyl (C=O) groups excluding carboxylic acids is 1. The second kappa shape index (κ2) is 12.2. The van der Waals surface area contributed by atoms with Gasteiger partial charge in [0.1, 0.15) is 5.65 Å². The standard InChI is InChI=1S/C36H43N3O2/c1-24-21-25(2)37-35-33(24)30-15-10-16-32(30)39(35)22-26-17-19-29(20-18-26)34(28-13-6-3-4-7-14-28)36(41)38-31(23-40)27-11-8-5-9-12-27/h5,8-9,11-12,17-21,28,31,34,40H,3-4,6-7,10,13-16,22-23H2,1-2H3,(H,38,41)/t31-,34?/m0/s1. The van der Waals surface area contributed by atoms with Gasteiger partial charge in [-0.1, -0.05) is 80.3 Å². The minimum atomic E-state index is -0.403. The van der Waals surface area contributed by atoms with Crippen molar-refractivity contribution in [2.24, 2.45) is 5.92 Å². The molecule has 2 N–H and O–H groups in total. The topological polar surface area (TPSA) is 67.2 Å². The monoisotopic (exact) mass is 549 g/mol. The van der Waals surface area contributed by atoms with Gasteiger partial charge in [-0.15, -0.1) is 0 Å². The number of aliphatic hydroxyl groups excluding tert-OH is 1. The summed E-state index contributed by atoms with van der Waals surface area (Å²) in [6.07, 6.45) is 10.4. The molecule has 41 heavy (non-hydrogen) atoms. The van der Waals surface area contributed by atoms with Crippen LogP contribution in [0.3, 0.4) is 0 Å². The third-order valence-corrected chi connectivity index (χ3v) is 9.43. The third-order valence-electron chi connectivity index (χ3n) is 9.43. The van der Waals surface area contributed by atoms with Crippen molar-refractivity contribution in [3.8, 4) is 0 Å². The summed E-state index contributed by atoms with van der Waals surface area (Å²) in [6, 6.07) is 20.4. The molecule has 0 saturated heterocycles. The van der Waals surface area contributed by atoms with Gasteiger partial charge in [-0.2, -0.15) is 0 Å². The molecule has 2 aromatic carbocycles. The summed E-state index contributed by atoms with van der Waals surface area (Å²) in [5.74, 6) is 0.116. The fourth-order valence-electron chi connectivity index (χ4n) is 7.45. The molecule has 214 valence electrons. The van der Waals surface area contributed by atoms with Gasteiger partial charge in [0.25, 0.3) is 0 Å². The minimum Gasteiger partial charge on any atom is -0.394 e. The lowest BCUT2D eigenvalue weighted by Gasteiger charge is -2.28. The lowest BCUT2D eigenvalue weighted by molar-refractivity contribution is -0.125. The maximum absolute atomic E-state index is 13.9. The van der Waals surface area contributed by atoms with Gasteiger partial charge in [0.05, 0.1) is 18.6 Å². The highest BCUT2D eigenvalue weighted by molar-refractivity contribution is 5.87. The molecule has 2 aliphatic carbocycles. The molecular weight excluding hydrogens is 506 g/mol. The molecule has 2 atom stereocenters. The van der Waals surface area contributed by atoms with Crippen LogP contribution in [0.5, 0.6) is 0 Å². The normalized spacial score (nSPS) is 17.2. The van der Waals surface area contributed by atoms with Gasteiger partial charge in [0.15, 0.2) is 0 Å². The lowest BCUT2D eigenvalue weighted by Crippen LogP contribution is -2.37. The number of hydrogen-bond donors (Lipinski definition) is 2. The van der Waals surface area contributed by atoms with Crippen LogP contribution in [0.2, 0.25) is 0 Å². The molecule has 0 aliphatic heterocycles. The smallest absolute Gasteiger partial charge is 0.228 e. The fourth-order valence-corrected chi connectivity index (χ4v) is 7.45. The van der Waals surface area contributed by atoms with Crippen molar-refractivity contribution in [3.63, 3.8) is 0 Å². The van der Waals surface area contributed by atoms with Gasteiger partial charge in [-0.25, -0.2) is 4.98 Å². The van der Waals surface area contributed by atoms with Gasteiger partial charge in [-0.05, 0) is 85.8 Å². The van der Waals surface area contributed by atoms with Crippen molar-refractivity contribution in [2.75, 3.05) is 6.61 Å². The van der Waals surface area contributed by atoms with Crippen molar-refractivity contribution in [3.05, 3.63) is 99.9 Å². The van der Waals surface area contributed by atoms with Gasteiger partial charge in [0, 0.05) is 23.3 Å². The minimum absolute atomic E-state index is 0.0249. The molecule has 2 heterocycles. The zero-order valence-electron chi connectivity index (χ0n) is 24.5. The number of carbonyl (C=O) groups is 1. The summed E-state index contributed by atoms with van der Waals surface area (Å²) in [5, 5.41) is 14.7. The SMILES string of the molecule is Cc1cc(C)c2c3c(n(Cc4ccc(C(C(=O)N[C@@H](CO)c5ccccc5)C5CCCCCC5)cc4)c2n1)CCC3. The van der Waals surface area contributed by atoms with Crippen molar-refractivity contribution >= 4 is 16.9 Å². The molecule has 0 radical (unpaired) electrons. The molecule has 1 unspecified atom stereocenters. The van der Waals surface area contributed by atoms with Crippen LogP contribution in [0.15, 0.2) is 60.7 Å². The van der Waals surface area contributed by atoms with Crippen LogP contribution in [0.4, 0.5) is 0 Å². The fraction of sp³-hybridized carbons (Fsp3) is 0.444. The van der Waals surface area contributed by atoms with E-state index in [0.717, 1.165) is 54.7 Å². The largest absolute Gasteiger partial charge is 0.394 e. The summed E-state index contributed by atoms with van der Waals surface area (Å²) in [7, 11) is 0. The Hall–Kier alpha value is -3.44. The number of amides is 1. The van der Waals surface area contributed by atoms with E-state index in [2.05, 4.69) is 54.1 Å². The molecule has 6 rings (SSSR count). The molecule has 5 nitrogen and oxygen atoms in total. The quantitative estimate of drug-likeness (QED) is 0.231. The average Bonchev–Trinajstić information content (AvgIpc) is 3.44. The molecular formula is C36H43N3O2. The Bertz CT molecular complexity index is 1500. The average molecular weight is 550 g/mol. The number of aromatic nitrogens is 2. The number of aryl methyl sites for hydroxylation is 3. The zero-order valence-corrected chi connectivity index (χ0v) is 24.5. The van der Waals surface area contributed by atoms with Gasteiger partial charge < -0.3 is 15.0 Å². The Morgan fingerprint density at radius 2 is 1.68 bits per heavy atom. The van der Waals surface area contributed by atoms with Crippen molar-refractivity contribution in [1.82, 2.24) is 14.9 Å². The van der Waals surface area contributed by atoms with Crippen LogP contribution in [0.25, 0.3) is 11.0 Å². The Morgan fingerprint density at radius 3 is 2.39 bits per heavy atom. The Kier molecular flexibility index (Phi) is 8.25. The number of nitrogens with zero attached hydrogens (tertiary/aromatic N) is 2. The maximum Gasteiger partial charge on any atom is 0.228 e. The molecule has 2 aromatic heterocycles. The van der Waals surface area contributed by atoms with Gasteiger partial charge in [-0.3, -0.25) is 4.79 Å². The number of nitrogens with one attached hydrogen (secondary N) is 1. The molecule has 1 amide bonds. The highest BCUT2D eigenvalue weighted by Crippen LogP contribution is 2.37. The number of pyridine rings is 1. The van der Waals surface area contributed by atoms with E-state index in [-0.39, 0.29) is 18.4 Å². The van der Waals surface area contributed by atoms with Gasteiger partial charge in [0.2, 0.25) is 5.91 Å². The van der Waals surface area contributed by atoms with E-state index in [1.165, 1.54) is 59.9 Å². The van der Waals surface area contributed by atoms with Gasteiger partial charge >= 0.3 is 0 Å². The number of hydrogen-bond acceptors (Lipinski definition) is 3. The predicted octanol–water partition coefficient (Wildman–Crippen LogP) is 7.09. The molecule has 1 saturated carbocycles. The first-order valence-corrected chi connectivity index (χ1v) is 15.6. The van der Waals surface area contributed by atoms with Crippen molar-refractivity contribution in [1.29, 1.82) is 0 Å². The Balaban J connectivity index is 1.29. The molecule has 5 heteroatoms. The van der Waals surface area contributed by atoms with E-state index in [1.54, 1.807) is 0 Å². The summed E-state index contributed by atoms with van der Waals surface area (Å²) >= 11 is 0. The number of aliphatic hydroxyl groups is 1. The van der Waals surface area contributed by atoms with Crippen LogP contribution in [-0.4, -0.2) is 27.2 Å². The van der Waals surface area contributed by atoms with E-state index < -0.39 is 6.04 Å². The molecule has 4 aromatic rings. The molecule has 1 fully saturated rings. The summed E-state index contributed by atoms with van der Waals surface area (Å²) < 4.78 is 2.44. The maximum atomic E-state index is 13.9. The van der Waals surface area contributed by atoms with Crippen LogP contribution >= 0.6 is 0 Å². The highest BCUT2D eigenvalue weighted by atomic mass is 16.3. The van der Waals surface area contributed by atoms with Crippen LogP contribution < -0.4 is 5.32 Å². The third kappa shape index (κ3) is 5.70. The molecule has 0 spiro atoms. The van der Waals surface area contributed by atoms with Crippen molar-refractivity contribution in [2.45, 2.75) is 90.1 Å². The van der Waals surface area contributed by atoms with E-state index in [0.29, 0.717) is 5.92 Å². The van der Waals surface area contributed by atoms with Crippen LogP contribution in [-0.2, 0) is 24.2 Å². The molecule has 0 bridgehead atoms. The first-order valence-electron chi connectivity index (χ1n) is 15.6. The van der Waals surface area contributed by atoms with Crippen LogP contribution in [0.1, 0.15) is 96.1 Å². The molecule has 2 aliphatic rings. The van der Waals surface area contributed by atoms with E-state index in [1.807, 2.05) is 30.3 Å². The first kappa shape index (κ1) is 27.7. The first-order chi connectivity index (χ1) is 20.0. The van der Waals surface area contributed by atoms with E-state index >= 15 is 0 Å². The second-order valence-corrected chi connectivity index (χ2v) is 12.3. The summed E-state index contributed by atoms with van der Waals surface area (Å²) in [5.41, 5.74) is 9.69. The van der Waals surface area contributed by atoms with E-state index in [9.17, 15) is 9.90 Å². The number of fused-ring (bicyclic) bond motifs is 3. The summed E-state index contributed by atoms with van der Waals surface area (Å²) in [4.78, 5) is 18.9. The van der Waals surface area contributed by atoms with Crippen LogP contribution in [0, 0.1) is 19.8 Å². The summed E-state index contributed by atoms with van der Waals surface area (Å²) in [6.45, 7) is 4.98. The lowest BCUT2D eigenvalue weighted by atomic mass is 9.80. The second-order valence-electron chi connectivity index (χ2n) is 12.3. The predicted molar refractivity (Wildman–Crippen MR) is 165 cm³/mol. The number of rotatable bonds is 8.